The maximum absolute atomic E-state index is 12.2. The minimum Gasteiger partial charge on any atom is -0.326 e. The van der Waals surface area contributed by atoms with Crippen LogP contribution in [0, 0.1) is 11.3 Å². The maximum atomic E-state index is 12.2. The molecule has 0 aliphatic rings. The molecule has 0 aromatic carbocycles. The molecule has 0 rings (SSSR count). The lowest BCUT2D eigenvalue weighted by molar-refractivity contribution is -0.295. The number of rotatable bonds is 1. The van der Waals surface area contributed by atoms with Crippen molar-refractivity contribution < 1.29 is 26.3 Å². The highest BCUT2D eigenvalue weighted by Gasteiger charge is 2.61. The Labute approximate surface area is 83.6 Å². The number of hydrogen-bond acceptors (Lipinski definition) is 1. The van der Waals surface area contributed by atoms with Gasteiger partial charge in [0.05, 0.1) is 0 Å². The first-order chi connectivity index (χ1) is 6.28. The molecular weight excluding hydrogens is 224 g/mol. The molecule has 15 heavy (non-hydrogen) atoms. The maximum Gasteiger partial charge on any atom is 0.402 e. The summed E-state index contributed by atoms with van der Waals surface area (Å²) in [6, 6.07) is -2.02. The van der Waals surface area contributed by atoms with E-state index >= 15 is 0 Å². The Morgan fingerprint density at radius 3 is 1.13 bits per heavy atom. The summed E-state index contributed by atoms with van der Waals surface area (Å²) >= 11 is 0. The fourth-order valence-electron chi connectivity index (χ4n) is 1.09. The zero-order chi connectivity index (χ0) is 12.7. The van der Waals surface area contributed by atoms with Crippen LogP contribution in [0.25, 0.3) is 0 Å². The molecule has 7 heteroatoms. The normalized spacial score (nSPS) is 17.0. The lowest BCUT2D eigenvalue weighted by Gasteiger charge is -2.36. The zero-order valence-corrected chi connectivity index (χ0v) is 8.50. The summed E-state index contributed by atoms with van der Waals surface area (Å²) in [6.45, 7) is 3.71. The van der Waals surface area contributed by atoms with Crippen LogP contribution in [0.15, 0.2) is 0 Å². The van der Waals surface area contributed by atoms with E-state index < -0.39 is 29.7 Å². The van der Waals surface area contributed by atoms with E-state index in [-0.39, 0.29) is 0 Å². The quantitative estimate of drug-likeness (QED) is 0.697. The number of halogens is 6. The van der Waals surface area contributed by atoms with Gasteiger partial charge >= 0.3 is 12.4 Å². The molecule has 0 fully saturated rings. The molecule has 0 saturated carbocycles. The van der Waals surface area contributed by atoms with Gasteiger partial charge in [0.15, 0.2) is 5.92 Å². The molecule has 0 spiro atoms. The van der Waals surface area contributed by atoms with E-state index in [1.54, 1.807) is 0 Å². The number of nitrogens with two attached hydrogens (primary N) is 1. The summed E-state index contributed by atoms with van der Waals surface area (Å²) in [7, 11) is 0. The molecule has 0 radical (unpaired) electrons. The second-order valence-corrected chi connectivity index (χ2v) is 4.45. The van der Waals surface area contributed by atoms with Gasteiger partial charge in [-0.15, -0.1) is 0 Å². The Hall–Kier alpha value is -0.460. The molecular formula is C8H13F6N. The van der Waals surface area contributed by atoms with E-state index in [1.165, 1.54) is 20.8 Å². The predicted molar refractivity (Wildman–Crippen MR) is 43.0 cm³/mol. The molecule has 0 amide bonds. The van der Waals surface area contributed by atoms with Crippen LogP contribution in [-0.4, -0.2) is 18.4 Å². The van der Waals surface area contributed by atoms with E-state index in [2.05, 4.69) is 0 Å². The fourth-order valence-corrected chi connectivity index (χ4v) is 1.09. The molecule has 1 nitrogen and oxygen atoms in total. The Bertz CT molecular complexity index is 197. The first-order valence-corrected chi connectivity index (χ1v) is 4.17. The third-order valence-electron chi connectivity index (χ3n) is 2.06. The van der Waals surface area contributed by atoms with Gasteiger partial charge in [-0.05, 0) is 5.41 Å². The van der Waals surface area contributed by atoms with Gasteiger partial charge in [-0.25, -0.2) is 0 Å². The molecule has 0 aliphatic heterocycles. The van der Waals surface area contributed by atoms with E-state index in [0.29, 0.717) is 0 Å². The molecule has 1 atom stereocenters. The predicted octanol–water partition coefficient (Wildman–Crippen LogP) is 3.10. The topological polar surface area (TPSA) is 26.0 Å². The van der Waals surface area contributed by atoms with E-state index in [1.807, 2.05) is 0 Å². The van der Waals surface area contributed by atoms with Gasteiger partial charge in [0.2, 0.25) is 0 Å². The Morgan fingerprint density at radius 1 is 0.800 bits per heavy atom. The number of alkyl halides is 6. The summed E-state index contributed by atoms with van der Waals surface area (Å²) in [5.41, 5.74) is 3.76. The monoisotopic (exact) mass is 237 g/mol. The SMILES string of the molecule is CC(C)(C)C(N)C(C(F)(F)F)C(F)(F)F. The third-order valence-corrected chi connectivity index (χ3v) is 2.06. The molecule has 0 aromatic rings. The molecule has 92 valence electrons. The summed E-state index contributed by atoms with van der Waals surface area (Å²) in [5.74, 6) is -3.48. The van der Waals surface area contributed by atoms with Gasteiger partial charge in [-0.1, -0.05) is 20.8 Å². The van der Waals surface area contributed by atoms with Gasteiger partial charge in [-0.3, -0.25) is 0 Å². The first-order valence-electron chi connectivity index (χ1n) is 4.17. The summed E-state index contributed by atoms with van der Waals surface area (Å²) in [6.07, 6.45) is -10.7. The van der Waals surface area contributed by atoms with Crippen molar-refractivity contribution >= 4 is 0 Å². The second kappa shape index (κ2) is 3.84. The van der Waals surface area contributed by atoms with Crippen LogP contribution in [-0.2, 0) is 0 Å². The molecule has 1 unspecified atom stereocenters. The summed E-state index contributed by atoms with van der Waals surface area (Å²) < 4.78 is 73.2. The van der Waals surface area contributed by atoms with Crippen LogP contribution in [0.5, 0.6) is 0 Å². The van der Waals surface area contributed by atoms with Crippen molar-refractivity contribution in [1.82, 2.24) is 0 Å². The molecule has 0 saturated heterocycles. The van der Waals surface area contributed by atoms with Crippen molar-refractivity contribution in [3.8, 4) is 0 Å². The third kappa shape index (κ3) is 3.89. The standard InChI is InChI=1S/C8H13F6N/c1-6(2,3)5(15)4(7(9,10)11)8(12,13)14/h4-5H,15H2,1-3H3. The van der Waals surface area contributed by atoms with Gasteiger partial charge < -0.3 is 5.73 Å². The highest BCUT2D eigenvalue weighted by molar-refractivity contribution is 4.91. The highest BCUT2D eigenvalue weighted by Crippen LogP contribution is 2.44. The molecule has 0 aliphatic carbocycles. The van der Waals surface area contributed by atoms with Crippen LogP contribution in [0.1, 0.15) is 20.8 Å². The molecule has 0 bridgehead atoms. The molecule has 2 N–H and O–H groups in total. The van der Waals surface area contributed by atoms with E-state index in [0.717, 1.165) is 0 Å². The van der Waals surface area contributed by atoms with Gasteiger partial charge in [0.1, 0.15) is 0 Å². The Balaban J connectivity index is 5.16. The smallest absolute Gasteiger partial charge is 0.326 e. The van der Waals surface area contributed by atoms with E-state index in [9.17, 15) is 26.3 Å². The van der Waals surface area contributed by atoms with Crippen molar-refractivity contribution in [3.63, 3.8) is 0 Å². The first kappa shape index (κ1) is 14.5. The van der Waals surface area contributed by atoms with Crippen LogP contribution in [0.2, 0.25) is 0 Å². The van der Waals surface area contributed by atoms with E-state index in [4.69, 9.17) is 5.73 Å². The zero-order valence-electron chi connectivity index (χ0n) is 8.50. The van der Waals surface area contributed by atoms with Crippen LogP contribution < -0.4 is 5.73 Å². The van der Waals surface area contributed by atoms with Crippen molar-refractivity contribution in [2.24, 2.45) is 17.1 Å². The second-order valence-electron chi connectivity index (χ2n) is 4.45. The molecule has 0 heterocycles. The van der Waals surface area contributed by atoms with Crippen molar-refractivity contribution in [1.29, 1.82) is 0 Å². The minimum atomic E-state index is -5.37. The lowest BCUT2D eigenvalue weighted by Crippen LogP contribution is -2.54. The number of hydrogen-bond donors (Lipinski definition) is 1. The summed E-state index contributed by atoms with van der Waals surface area (Å²) in [4.78, 5) is 0. The van der Waals surface area contributed by atoms with Crippen molar-refractivity contribution in [2.45, 2.75) is 39.2 Å². The summed E-state index contributed by atoms with van der Waals surface area (Å²) in [5, 5.41) is 0. The van der Waals surface area contributed by atoms with Crippen LogP contribution in [0.4, 0.5) is 26.3 Å². The van der Waals surface area contributed by atoms with Gasteiger partial charge in [0.25, 0.3) is 0 Å². The highest BCUT2D eigenvalue weighted by atomic mass is 19.4. The molecule has 0 aromatic heterocycles. The fraction of sp³-hybridized carbons (Fsp3) is 1.00. The van der Waals surface area contributed by atoms with Crippen molar-refractivity contribution in [2.75, 3.05) is 0 Å². The largest absolute Gasteiger partial charge is 0.402 e. The minimum absolute atomic E-state index is 1.24. The average molecular weight is 237 g/mol. The Morgan fingerprint density at radius 2 is 1.07 bits per heavy atom. The van der Waals surface area contributed by atoms with Gasteiger partial charge in [-0.2, -0.15) is 26.3 Å². The van der Waals surface area contributed by atoms with Gasteiger partial charge in [0, 0.05) is 6.04 Å². The van der Waals surface area contributed by atoms with Crippen LogP contribution >= 0.6 is 0 Å². The Kier molecular flexibility index (Phi) is 3.72. The average Bonchev–Trinajstić information content (AvgIpc) is 1.76. The van der Waals surface area contributed by atoms with Crippen molar-refractivity contribution in [3.05, 3.63) is 0 Å². The van der Waals surface area contributed by atoms with Crippen LogP contribution in [0.3, 0.4) is 0 Å². The lowest BCUT2D eigenvalue weighted by atomic mass is 9.79.